The molecule has 32 heavy (non-hydrogen) atoms. The molecule has 1 N–H and O–H groups in total. The van der Waals surface area contributed by atoms with Gasteiger partial charge in [0.15, 0.2) is 0 Å². The third-order valence-electron chi connectivity index (χ3n) is 5.02. The number of amides is 1. The van der Waals surface area contributed by atoms with Crippen LogP contribution in [0, 0.1) is 10.1 Å². The number of hydrogen-bond acceptors (Lipinski definition) is 7. The van der Waals surface area contributed by atoms with Crippen LogP contribution in [0.15, 0.2) is 59.5 Å². The zero-order chi connectivity index (χ0) is 23.0. The zero-order valence-corrected chi connectivity index (χ0v) is 18.4. The average Bonchev–Trinajstić information content (AvgIpc) is 2.81. The van der Waals surface area contributed by atoms with E-state index in [0.29, 0.717) is 26.2 Å². The van der Waals surface area contributed by atoms with Crippen LogP contribution in [0.5, 0.6) is 0 Å². The van der Waals surface area contributed by atoms with E-state index in [-0.39, 0.29) is 16.3 Å². The Bertz CT molecular complexity index is 1030. The normalized spacial score (nSPS) is 14.6. The smallest absolute Gasteiger partial charge is 0.271 e. The van der Waals surface area contributed by atoms with Crippen LogP contribution in [0.3, 0.4) is 0 Å². The number of anilines is 1. The number of nitro groups is 1. The predicted molar refractivity (Wildman–Crippen MR) is 119 cm³/mol. The summed E-state index contributed by atoms with van der Waals surface area (Å²) in [6, 6.07) is 12.9. The maximum absolute atomic E-state index is 13.2. The Hall–Kier alpha value is -3.02. The van der Waals surface area contributed by atoms with E-state index in [1.807, 2.05) is 0 Å². The maximum atomic E-state index is 13.2. The molecule has 1 fully saturated rings. The lowest BCUT2D eigenvalue weighted by Crippen LogP contribution is -2.42. The number of nitrogens with zero attached hydrogens (tertiary/aromatic N) is 3. The second-order valence-electron chi connectivity index (χ2n) is 7.26. The first kappa shape index (κ1) is 23.6. The quantitative estimate of drug-likeness (QED) is 0.323. The largest absolute Gasteiger partial charge is 0.379 e. The third kappa shape index (κ3) is 6.25. The molecular formula is C21H26N4O6S. The monoisotopic (exact) mass is 462 g/mol. The molecule has 0 saturated carbocycles. The van der Waals surface area contributed by atoms with Crippen LogP contribution in [0.1, 0.15) is 6.42 Å². The molecule has 1 heterocycles. The molecule has 1 aliphatic heterocycles. The summed E-state index contributed by atoms with van der Waals surface area (Å²) < 4.78 is 32.7. The minimum absolute atomic E-state index is 0.00776. The summed E-state index contributed by atoms with van der Waals surface area (Å²) in [5, 5.41) is 13.9. The molecule has 0 atom stereocenters. The van der Waals surface area contributed by atoms with E-state index in [0.717, 1.165) is 30.0 Å². The molecule has 0 aromatic heterocycles. The minimum atomic E-state index is -4.11. The van der Waals surface area contributed by atoms with E-state index in [4.69, 9.17) is 4.74 Å². The average molecular weight is 463 g/mol. The minimum Gasteiger partial charge on any atom is -0.379 e. The highest BCUT2D eigenvalue weighted by Gasteiger charge is 2.28. The van der Waals surface area contributed by atoms with Crippen molar-refractivity contribution in [1.82, 2.24) is 10.2 Å². The molecule has 172 valence electrons. The van der Waals surface area contributed by atoms with E-state index >= 15 is 0 Å². The van der Waals surface area contributed by atoms with Gasteiger partial charge in [0.25, 0.3) is 15.7 Å². The molecule has 1 aliphatic rings. The van der Waals surface area contributed by atoms with Gasteiger partial charge in [-0.15, -0.1) is 0 Å². The number of sulfonamides is 1. The number of ether oxygens (including phenoxy) is 1. The lowest BCUT2D eigenvalue weighted by Gasteiger charge is -2.26. The van der Waals surface area contributed by atoms with Crippen molar-refractivity contribution in [1.29, 1.82) is 0 Å². The van der Waals surface area contributed by atoms with E-state index < -0.39 is 27.4 Å². The SMILES string of the molecule is O=C(CN(c1cccc([N+](=O)[O-])c1)S(=O)(=O)c1ccccc1)NCCCN1CCOCC1. The number of carbonyl (C=O) groups is 1. The van der Waals surface area contributed by atoms with Crippen LogP contribution < -0.4 is 9.62 Å². The number of morpholine rings is 1. The van der Waals surface area contributed by atoms with Crippen LogP contribution in [-0.2, 0) is 19.6 Å². The van der Waals surface area contributed by atoms with Crippen molar-refractivity contribution in [2.45, 2.75) is 11.3 Å². The number of rotatable bonds is 10. The Balaban J connectivity index is 1.72. The Morgan fingerprint density at radius 1 is 1.12 bits per heavy atom. The van der Waals surface area contributed by atoms with Crippen LogP contribution in [0.4, 0.5) is 11.4 Å². The molecule has 1 amide bonds. The Kier molecular flexibility index (Phi) is 8.14. The lowest BCUT2D eigenvalue weighted by molar-refractivity contribution is -0.384. The van der Waals surface area contributed by atoms with E-state index in [1.54, 1.807) is 18.2 Å². The van der Waals surface area contributed by atoms with Crippen molar-refractivity contribution in [3.05, 3.63) is 64.7 Å². The fraction of sp³-hybridized carbons (Fsp3) is 0.381. The summed E-state index contributed by atoms with van der Waals surface area (Å²) in [6.45, 7) is 3.80. The van der Waals surface area contributed by atoms with Gasteiger partial charge in [-0.3, -0.25) is 24.1 Å². The van der Waals surface area contributed by atoms with Crippen LogP contribution >= 0.6 is 0 Å². The van der Waals surface area contributed by atoms with Gasteiger partial charge in [0, 0.05) is 31.8 Å². The van der Waals surface area contributed by atoms with Crippen LogP contribution in [-0.4, -0.2) is 70.1 Å². The summed E-state index contributed by atoms with van der Waals surface area (Å²) in [5.41, 5.74) is -0.215. The molecule has 0 bridgehead atoms. The first-order chi connectivity index (χ1) is 15.4. The molecule has 0 unspecified atom stereocenters. The molecule has 1 saturated heterocycles. The predicted octanol–water partition coefficient (Wildman–Crippen LogP) is 1.63. The first-order valence-corrected chi connectivity index (χ1v) is 11.7. The number of non-ortho nitro benzene ring substituents is 1. The van der Waals surface area contributed by atoms with Gasteiger partial charge in [0.2, 0.25) is 5.91 Å². The molecule has 0 aliphatic carbocycles. The molecular weight excluding hydrogens is 436 g/mol. The van der Waals surface area contributed by atoms with Gasteiger partial charge < -0.3 is 10.1 Å². The van der Waals surface area contributed by atoms with Crippen molar-refractivity contribution >= 4 is 27.3 Å². The van der Waals surface area contributed by atoms with Crippen molar-refractivity contribution in [2.75, 3.05) is 50.2 Å². The van der Waals surface area contributed by atoms with Crippen molar-refractivity contribution in [3.8, 4) is 0 Å². The fourth-order valence-corrected chi connectivity index (χ4v) is 4.77. The molecule has 10 nitrogen and oxygen atoms in total. The van der Waals surface area contributed by atoms with Gasteiger partial charge in [-0.05, 0) is 31.2 Å². The number of carbonyl (C=O) groups excluding carboxylic acids is 1. The van der Waals surface area contributed by atoms with Crippen molar-refractivity contribution in [2.24, 2.45) is 0 Å². The number of nitrogens with one attached hydrogen (secondary N) is 1. The van der Waals surface area contributed by atoms with Gasteiger partial charge in [-0.2, -0.15) is 0 Å². The summed E-state index contributed by atoms with van der Waals surface area (Å²) >= 11 is 0. The van der Waals surface area contributed by atoms with Crippen molar-refractivity contribution in [3.63, 3.8) is 0 Å². The topological polar surface area (TPSA) is 122 Å². The fourth-order valence-electron chi connectivity index (χ4n) is 3.34. The number of hydrogen-bond donors (Lipinski definition) is 1. The highest BCUT2D eigenvalue weighted by Crippen LogP contribution is 2.26. The molecule has 11 heteroatoms. The van der Waals surface area contributed by atoms with Crippen LogP contribution in [0.2, 0.25) is 0 Å². The van der Waals surface area contributed by atoms with E-state index in [1.165, 1.54) is 30.3 Å². The second-order valence-corrected chi connectivity index (χ2v) is 9.12. The maximum Gasteiger partial charge on any atom is 0.271 e. The van der Waals surface area contributed by atoms with Gasteiger partial charge in [0.1, 0.15) is 6.54 Å². The van der Waals surface area contributed by atoms with Gasteiger partial charge in [0.05, 0.1) is 28.7 Å². The number of nitro benzene ring substituents is 1. The molecule has 2 aromatic rings. The van der Waals surface area contributed by atoms with Crippen molar-refractivity contribution < 1.29 is 22.9 Å². The highest BCUT2D eigenvalue weighted by molar-refractivity contribution is 7.92. The van der Waals surface area contributed by atoms with Gasteiger partial charge in [-0.1, -0.05) is 24.3 Å². The van der Waals surface area contributed by atoms with E-state index in [9.17, 15) is 23.3 Å². The Labute approximate surface area is 187 Å². The summed E-state index contributed by atoms with van der Waals surface area (Å²) in [7, 11) is -4.11. The van der Waals surface area contributed by atoms with Gasteiger partial charge >= 0.3 is 0 Å². The summed E-state index contributed by atoms with van der Waals surface area (Å²) in [6.07, 6.45) is 0.716. The molecule has 2 aromatic carbocycles. The second kappa shape index (κ2) is 11.0. The van der Waals surface area contributed by atoms with E-state index in [2.05, 4.69) is 10.2 Å². The zero-order valence-electron chi connectivity index (χ0n) is 17.6. The Morgan fingerprint density at radius 3 is 2.53 bits per heavy atom. The van der Waals surface area contributed by atoms with Crippen LogP contribution in [0.25, 0.3) is 0 Å². The third-order valence-corrected chi connectivity index (χ3v) is 6.81. The summed E-state index contributed by atoms with van der Waals surface area (Å²) in [5.74, 6) is -0.488. The molecule has 3 rings (SSSR count). The van der Waals surface area contributed by atoms with Gasteiger partial charge in [-0.25, -0.2) is 8.42 Å². The molecule has 0 spiro atoms. The highest BCUT2D eigenvalue weighted by atomic mass is 32.2. The Morgan fingerprint density at radius 2 is 1.84 bits per heavy atom. The number of benzene rings is 2. The first-order valence-electron chi connectivity index (χ1n) is 10.3. The molecule has 0 radical (unpaired) electrons. The standard InChI is InChI=1S/C21H26N4O6S/c26-21(22-10-5-11-23-12-14-31-15-13-23)17-24(18-6-4-7-19(16-18)25(27)28)32(29,30)20-8-2-1-3-9-20/h1-4,6-9,16H,5,10-15,17H2,(H,22,26). The summed E-state index contributed by atoms with van der Waals surface area (Å²) in [4.78, 5) is 25.4. The lowest BCUT2D eigenvalue weighted by atomic mass is 10.3.